The zero-order valence-electron chi connectivity index (χ0n) is 24.6. The van der Waals surface area contributed by atoms with Crippen molar-refractivity contribution in [3.8, 4) is 11.5 Å². The molecular formula is C32H35N3O6S. The first kappa shape index (κ1) is 29.3. The molecule has 2 aromatic carbocycles. The number of benzene rings is 2. The van der Waals surface area contributed by atoms with Crippen LogP contribution >= 0.6 is 11.3 Å². The first-order chi connectivity index (χ1) is 20.4. The van der Waals surface area contributed by atoms with Gasteiger partial charge in [-0.05, 0) is 37.1 Å². The maximum atomic E-state index is 14.3. The van der Waals surface area contributed by atoms with E-state index in [1.165, 1.54) is 32.3 Å². The molecule has 0 saturated carbocycles. The Balaban J connectivity index is 1.69. The molecule has 42 heavy (non-hydrogen) atoms. The van der Waals surface area contributed by atoms with Gasteiger partial charge >= 0.3 is 5.97 Å². The first-order valence-corrected chi connectivity index (χ1v) is 14.9. The minimum absolute atomic E-state index is 0.191. The van der Waals surface area contributed by atoms with Crippen LogP contribution in [0.15, 0.2) is 63.5 Å². The van der Waals surface area contributed by atoms with Crippen LogP contribution in [0.4, 0.5) is 5.69 Å². The summed E-state index contributed by atoms with van der Waals surface area (Å²) < 4.78 is 17.8. The SMILES string of the molecule is CCCCCCCN1C(=O)C(=c2sc3n(c2=O)C(c2ccc(OC)c(OC)c2)C(C(=O)OC)=C(C)N=3)c2ccccc21. The summed E-state index contributed by atoms with van der Waals surface area (Å²) in [6.45, 7) is 4.48. The van der Waals surface area contributed by atoms with E-state index in [1.54, 1.807) is 30.0 Å². The van der Waals surface area contributed by atoms with E-state index in [4.69, 9.17) is 14.2 Å². The van der Waals surface area contributed by atoms with Gasteiger partial charge in [-0.15, -0.1) is 0 Å². The number of esters is 1. The summed E-state index contributed by atoms with van der Waals surface area (Å²) in [5.41, 5.74) is 2.80. The van der Waals surface area contributed by atoms with E-state index in [9.17, 15) is 14.4 Å². The summed E-state index contributed by atoms with van der Waals surface area (Å²) in [6, 6.07) is 12.0. The molecule has 3 heterocycles. The fourth-order valence-electron chi connectivity index (χ4n) is 5.68. The molecule has 2 aliphatic heterocycles. The normalized spacial score (nSPS) is 17.1. The van der Waals surface area contributed by atoms with Crippen molar-refractivity contribution >= 4 is 34.5 Å². The van der Waals surface area contributed by atoms with Crippen LogP contribution < -0.4 is 29.3 Å². The Labute approximate surface area is 248 Å². The van der Waals surface area contributed by atoms with Gasteiger partial charge in [-0.2, -0.15) is 0 Å². The highest BCUT2D eigenvalue weighted by Gasteiger charge is 2.37. The number of nitrogens with zero attached hydrogens (tertiary/aromatic N) is 3. The summed E-state index contributed by atoms with van der Waals surface area (Å²) >= 11 is 1.16. The summed E-state index contributed by atoms with van der Waals surface area (Å²) in [7, 11) is 4.36. The van der Waals surface area contributed by atoms with Crippen molar-refractivity contribution in [2.24, 2.45) is 4.99 Å². The van der Waals surface area contributed by atoms with Gasteiger partial charge in [0, 0.05) is 12.1 Å². The summed E-state index contributed by atoms with van der Waals surface area (Å²) in [4.78, 5) is 48.2. The Bertz CT molecular complexity index is 1750. The van der Waals surface area contributed by atoms with Gasteiger partial charge in [0.2, 0.25) is 0 Å². The van der Waals surface area contributed by atoms with Crippen molar-refractivity contribution in [2.75, 3.05) is 32.8 Å². The largest absolute Gasteiger partial charge is 0.493 e. The number of allylic oxidation sites excluding steroid dienone is 1. The predicted octanol–water partition coefficient (Wildman–Crippen LogP) is 4.11. The number of hydrogen-bond donors (Lipinski definition) is 0. The third kappa shape index (κ3) is 5.04. The Morgan fingerprint density at radius 3 is 2.43 bits per heavy atom. The molecule has 0 N–H and O–H groups in total. The van der Waals surface area contributed by atoms with Crippen LogP contribution in [0.25, 0.3) is 5.57 Å². The number of fused-ring (bicyclic) bond motifs is 2. The number of rotatable bonds is 10. The molecule has 220 valence electrons. The number of hydrogen-bond acceptors (Lipinski definition) is 8. The van der Waals surface area contributed by atoms with Gasteiger partial charge in [0.15, 0.2) is 16.3 Å². The second kappa shape index (κ2) is 12.4. The topological polar surface area (TPSA) is 99.4 Å². The highest BCUT2D eigenvalue weighted by Crippen LogP contribution is 2.37. The van der Waals surface area contributed by atoms with Crippen molar-refractivity contribution in [3.63, 3.8) is 0 Å². The van der Waals surface area contributed by atoms with E-state index in [1.807, 2.05) is 24.3 Å². The van der Waals surface area contributed by atoms with Crippen molar-refractivity contribution in [1.29, 1.82) is 0 Å². The molecule has 5 rings (SSSR count). The lowest BCUT2D eigenvalue weighted by molar-refractivity contribution is -0.136. The molecule has 1 amide bonds. The minimum Gasteiger partial charge on any atom is -0.493 e. The average molecular weight is 590 g/mol. The molecule has 1 unspecified atom stereocenters. The summed E-state index contributed by atoms with van der Waals surface area (Å²) in [5, 5.41) is 0. The van der Waals surface area contributed by atoms with Crippen LogP contribution in [0.5, 0.6) is 11.5 Å². The standard InChI is InChI=1S/C32H35N3O6S/c1-6-7-8-9-12-17-34-22-14-11-10-13-21(22)26(29(34)36)28-30(37)35-27(20-15-16-23(39-3)24(18-20)40-4)25(31(38)41-5)19(2)33-32(35)42-28/h10-11,13-16,18,27H,6-9,12,17H2,1-5H3. The van der Waals surface area contributed by atoms with E-state index in [0.717, 1.165) is 48.3 Å². The lowest BCUT2D eigenvalue weighted by Crippen LogP contribution is -2.41. The quantitative estimate of drug-likeness (QED) is 0.261. The van der Waals surface area contributed by atoms with Gasteiger partial charge in [0.25, 0.3) is 11.5 Å². The van der Waals surface area contributed by atoms with Crippen LogP contribution in [-0.2, 0) is 14.3 Å². The third-order valence-electron chi connectivity index (χ3n) is 7.76. The molecule has 1 atom stereocenters. The van der Waals surface area contributed by atoms with Crippen LogP contribution in [0, 0.1) is 0 Å². The van der Waals surface area contributed by atoms with Gasteiger partial charge in [-0.25, -0.2) is 9.79 Å². The monoisotopic (exact) mass is 589 g/mol. The van der Waals surface area contributed by atoms with Gasteiger partial charge in [0.1, 0.15) is 4.53 Å². The number of thiazole rings is 1. The number of unbranched alkanes of at least 4 members (excludes halogenated alkanes) is 4. The van der Waals surface area contributed by atoms with Gasteiger partial charge in [-0.1, -0.05) is 68.2 Å². The van der Waals surface area contributed by atoms with Crippen LogP contribution in [0.1, 0.15) is 63.1 Å². The zero-order chi connectivity index (χ0) is 30.0. The number of anilines is 1. The molecule has 1 aromatic heterocycles. The van der Waals surface area contributed by atoms with E-state index >= 15 is 0 Å². The molecule has 0 aliphatic carbocycles. The number of carbonyl (C=O) groups excluding carboxylic acids is 2. The van der Waals surface area contributed by atoms with E-state index in [0.29, 0.717) is 44.2 Å². The van der Waals surface area contributed by atoms with E-state index < -0.39 is 17.6 Å². The Morgan fingerprint density at radius 1 is 0.976 bits per heavy atom. The highest BCUT2D eigenvalue weighted by molar-refractivity contribution is 7.07. The number of aromatic nitrogens is 1. The van der Waals surface area contributed by atoms with Crippen LogP contribution in [0.2, 0.25) is 0 Å². The molecule has 0 spiro atoms. The molecule has 0 fully saturated rings. The average Bonchev–Trinajstić information content (AvgIpc) is 3.47. The Kier molecular flexibility index (Phi) is 8.63. The number of ether oxygens (including phenoxy) is 3. The zero-order valence-corrected chi connectivity index (χ0v) is 25.4. The fraction of sp³-hybridized carbons (Fsp3) is 0.375. The number of carbonyl (C=O) groups is 2. The summed E-state index contributed by atoms with van der Waals surface area (Å²) in [6.07, 6.45) is 5.38. The van der Waals surface area contributed by atoms with Gasteiger partial charge in [-0.3, -0.25) is 14.2 Å². The van der Waals surface area contributed by atoms with E-state index in [-0.39, 0.29) is 11.5 Å². The smallest absolute Gasteiger partial charge is 0.338 e. The molecule has 0 saturated heterocycles. The Hall–Kier alpha value is -4.18. The second-order valence-corrected chi connectivity index (χ2v) is 11.2. The molecule has 0 radical (unpaired) electrons. The minimum atomic E-state index is -0.843. The van der Waals surface area contributed by atoms with Crippen molar-refractivity contribution in [2.45, 2.75) is 52.0 Å². The maximum absolute atomic E-state index is 14.3. The van der Waals surface area contributed by atoms with E-state index in [2.05, 4.69) is 11.9 Å². The molecule has 9 nitrogen and oxygen atoms in total. The number of para-hydroxylation sites is 1. The molecule has 10 heteroatoms. The molecular weight excluding hydrogens is 554 g/mol. The maximum Gasteiger partial charge on any atom is 0.338 e. The fourth-order valence-corrected chi connectivity index (χ4v) is 6.81. The first-order valence-electron chi connectivity index (χ1n) is 14.1. The second-order valence-electron chi connectivity index (χ2n) is 10.3. The van der Waals surface area contributed by atoms with Gasteiger partial charge in [0.05, 0.1) is 49.9 Å². The number of methoxy groups -OCH3 is 3. The molecule has 0 bridgehead atoms. The Morgan fingerprint density at radius 2 is 1.71 bits per heavy atom. The van der Waals surface area contributed by atoms with Crippen LogP contribution in [0.3, 0.4) is 0 Å². The van der Waals surface area contributed by atoms with Crippen molar-refractivity contribution in [1.82, 2.24) is 4.57 Å². The predicted molar refractivity (Wildman–Crippen MR) is 162 cm³/mol. The van der Waals surface area contributed by atoms with Crippen molar-refractivity contribution in [3.05, 3.63) is 84.5 Å². The highest BCUT2D eigenvalue weighted by atomic mass is 32.1. The summed E-state index contributed by atoms with van der Waals surface area (Å²) in [5.74, 6) is 0.182. The van der Waals surface area contributed by atoms with Crippen LogP contribution in [-0.4, -0.2) is 44.3 Å². The number of amides is 1. The van der Waals surface area contributed by atoms with Crippen molar-refractivity contribution < 1.29 is 23.8 Å². The third-order valence-corrected chi connectivity index (χ3v) is 8.81. The molecule has 3 aromatic rings. The van der Waals surface area contributed by atoms with Gasteiger partial charge < -0.3 is 19.1 Å². The lowest BCUT2D eigenvalue weighted by atomic mass is 9.95. The lowest BCUT2D eigenvalue weighted by Gasteiger charge is -2.25. The molecule has 2 aliphatic rings.